The highest BCUT2D eigenvalue weighted by molar-refractivity contribution is 7.89. The minimum Gasteiger partial charge on any atom is -0.497 e. The molecule has 0 atom stereocenters. The van der Waals surface area contributed by atoms with Crippen LogP contribution >= 0.6 is 11.6 Å². The molecule has 0 fully saturated rings. The molecule has 0 radical (unpaired) electrons. The van der Waals surface area contributed by atoms with Gasteiger partial charge in [-0.15, -0.1) is 0 Å². The number of rotatable bonds is 8. The number of methoxy groups -OCH3 is 2. The number of hydrogen-bond donors (Lipinski definition) is 2. The molecule has 9 heteroatoms. The Morgan fingerprint density at radius 2 is 1.77 bits per heavy atom. The van der Waals surface area contributed by atoms with Crippen LogP contribution in [0.25, 0.3) is 0 Å². The Hall–Kier alpha value is -2.29. The maximum Gasteiger partial charge on any atom is 0.244 e. The SMILES string of the molecule is COc1ccc(OC)c(S(=O)(=O)NCC(=O)NCc2ccc(Cl)cc2)c1. The lowest BCUT2D eigenvalue weighted by Crippen LogP contribution is -2.36. The van der Waals surface area contributed by atoms with Crippen molar-refractivity contribution in [3.05, 3.63) is 53.1 Å². The van der Waals surface area contributed by atoms with Crippen molar-refractivity contribution < 1.29 is 22.7 Å². The Labute approximate surface area is 157 Å². The Balaban J connectivity index is 1.99. The van der Waals surface area contributed by atoms with E-state index in [4.69, 9.17) is 21.1 Å². The first kappa shape index (κ1) is 20.0. The molecule has 2 aromatic carbocycles. The predicted molar refractivity (Wildman–Crippen MR) is 98.0 cm³/mol. The zero-order valence-corrected chi connectivity index (χ0v) is 15.9. The Bertz CT molecular complexity index is 869. The third-order valence-corrected chi connectivity index (χ3v) is 5.16. The molecule has 0 unspecified atom stereocenters. The van der Waals surface area contributed by atoms with Crippen LogP contribution < -0.4 is 19.5 Å². The lowest BCUT2D eigenvalue weighted by atomic mass is 10.2. The van der Waals surface area contributed by atoms with E-state index in [1.165, 1.54) is 26.4 Å². The van der Waals surface area contributed by atoms with Gasteiger partial charge in [-0.05, 0) is 29.8 Å². The van der Waals surface area contributed by atoms with Crippen molar-refractivity contribution in [1.82, 2.24) is 10.0 Å². The molecule has 2 rings (SSSR count). The Kier molecular flexibility index (Phi) is 6.84. The maximum atomic E-state index is 12.5. The van der Waals surface area contributed by atoms with Gasteiger partial charge in [0.1, 0.15) is 16.4 Å². The molecule has 0 saturated carbocycles. The van der Waals surface area contributed by atoms with Gasteiger partial charge >= 0.3 is 0 Å². The molecule has 2 aromatic rings. The van der Waals surface area contributed by atoms with Gasteiger partial charge in [0.25, 0.3) is 0 Å². The van der Waals surface area contributed by atoms with Crippen LogP contribution in [0, 0.1) is 0 Å². The molecule has 1 amide bonds. The van der Waals surface area contributed by atoms with Crippen molar-refractivity contribution in [3.63, 3.8) is 0 Å². The normalized spacial score (nSPS) is 11.0. The fourth-order valence-electron chi connectivity index (χ4n) is 2.10. The highest BCUT2D eigenvalue weighted by atomic mass is 35.5. The van der Waals surface area contributed by atoms with E-state index in [1.807, 2.05) is 0 Å². The summed E-state index contributed by atoms with van der Waals surface area (Å²) in [6, 6.07) is 11.3. The first-order chi connectivity index (χ1) is 12.4. The van der Waals surface area contributed by atoms with Crippen LogP contribution in [0.2, 0.25) is 5.02 Å². The first-order valence-electron chi connectivity index (χ1n) is 7.58. The summed E-state index contributed by atoms with van der Waals surface area (Å²) in [6.07, 6.45) is 0. The van der Waals surface area contributed by atoms with Crippen molar-refractivity contribution >= 4 is 27.5 Å². The van der Waals surface area contributed by atoms with E-state index < -0.39 is 22.5 Å². The fraction of sp³-hybridized carbons (Fsp3) is 0.235. The van der Waals surface area contributed by atoms with Gasteiger partial charge in [0.15, 0.2) is 0 Å². The maximum absolute atomic E-state index is 12.5. The Morgan fingerprint density at radius 3 is 2.38 bits per heavy atom. The highest BCUT2D eigenvalue weighted by Gasteiger charge is 2.21. The van der Waals surface area contributed by atoms with E-state index in [9.17, 15) is 13.2 Å². The van der Waals surface area contributed by atoms with E-state index in [0.29, 0.717) is 10.8 Å². The average Bonchev–Trinajstić information content (AvgIpc) is 2.65. The van der Waals surface area contributed by atoms with Gasteiger partial charge in [0.2, 0.25) is 15.9 Å². The summed E-state index contributed by atoms with van der Waals surface area (Å²) in [5.41, 5.74) is 0.847. The van der Waals surface area contributed by atoms with Crippen molar-refractivity contribution in [3.8, 4) is 11.5 Å². The number of amides is 1. The molecule has 0 spiro atoms. The molecule has 0 aliphatic carbocycles. The summed E-state index contributed by atoms with van der Waals surface area (Å²) in [7, 11) is -1.17. The number of ether oxygens (including phenoxy) is 2. The lowest BCUT2D eigenvalue weighted by molar-refractivity contribution is -0.120. The summed E-state index contributed by atoms with van der Waals surface area (Å²) in [5.74, 6) is 0.0450. The van der Waals surface area contributed by atoms with Crippen molar-refractivity contribution in [2.45, 2.75) is 11.4 Å². The van der Waals surface area contributed by atoms with E-state index >= 15 is 0 Å². The summed E-state index contributed by atoms with van der Waals surface area (Å²) in [6.45, 7) is -0.142. The number of carbonyl (C=O) groups is 1. The van der Waals surface area contributed by atoms with Crippen LogP contribution in [0.5, 0.6) is 11.5 Å². The molecular weight excluding hydrogens is 380 g/mol. The molecule has 7 nitrogen and oxygen atoms in total. The van der Waals surface area contributed by atoms with Crippen LogP contribution in [0.3, 0.4) is 0 Å². The van der Waals surface area contributed by atoms with Gasteiger partial charge in [-0.3, -0.25) is 4.79 Å². The van der Waals surface area contributed by atoms with Gasteiger partial charge in [0, 0.05) is 17.6 Å². The quantitative estimate of drug-likeness (QED) is 0.708. The number of hydrogen-bond acceptors (Lipinski definition) is 5. The second-order valence-corrected chi connectivity index (χ2v) is 7.42. The molecule has 0 bridgehead atoms. The van der Waals surface area contributed by atoms with E-state index in [0.717, 1.165) is 5.56 Å². The van der Waals surface area contributed by atoms with E-state index in [2.05, 4.69) is 10.0 Å². The molecular formula is C17H19ClN2O5S. The second-order valence-electron chi connectivity index (χ2n) is 5.24. The van der Waals surface area contributed by atoms with Gasteiger partial charge in [-0.2, -0.15) is 0 Å². The number of benzene rings is 2. The molecule has 0 saturated heterocycles. The van der Waals surface area contributed by atoms with Crippen LogP contribution in [0.15, 0.2) is 47.4 Å². The van der Waals surface area contributed by atoms with Gasteiger partial charge < -0.3 is 14.8 Å². The zero-order valence-electron chi connectivity index (χ0n) is 14.3. The number of halogens is 1. The summed E-state index contributed by atoms with van der Waals surface area (Å²) < 4.78 is 37.3. The Morgan fingerprint density at radius 1 is 1.08 bits per heavy atom. The average molecular weight is 399 g/mol. The standard InChI is InChI=1S/C17H19ClN2O5S/c1-24-14-7-8-15(25-2)16(9-14)26(22,23)20-11-17(21)19-10-12-3-5-13(18)6-4-12/h3-9,20H,10-11H2,1-2H3,(H,19,21). The largest absolute Gasteiger partial charge is 0.497 e. The van der Waals surface area contributed by atoms with Crippen LogP contribution in [0.1, 0.15) is 5.56 Å². The van der Waals surface area contributed by atoms with E-state index in [-0.39, 0.29) is 17.2 Å². The first-order valence-corrected chi connectivity index (χ1v) is 9.44. The number of nitrogens with one attached hydrogen (secondary N) is 2. The molecule has 140 valence electrons. The molecule has 26 heavy (non-hydrogen) atoms. The van der Waals surface area contributed by atoms with Crippen LogP contribution in [0.4, 0.5) is 0 Å². The molecule has 0 aromatic heterocycles. The number of sulfonamides is 1. The third-order valence-electron chi connectivity index (χ3n) is 3.49. The predicted octanol–water partition coefficient (Wildman–Crippen LogP) is 1.95. The third kappa shape index (κ3) is 5.35. The molecule has 0 aliphatic heterocycles. The summed E-state index contributed by atoms with van der Waals surface area (Å²) in [4.78, 5) is 11.8. The minimum atomic E-state index is -3.95. The van der Waals surface area contributed by atoms with Crippen LogP contribution in [-0.2, 0) is 21.4 Å². The van der Waals surface area contributed by atoms with Crippen LogP contribution in [-0.4, -0.2) is 35.1 Å². The van der Waals surface area contributed by atoms with Gasteiger partial charge in [-0.25, -0.2) is 13.1 Å². The summed E-state index contributed by atoms with van der Waals surface area (Å²) in [5, 5.41) is 3.23. The van der Waals surface area contributed by atoms with Crippen molar-refractivity contribution in [2.24, 2.45) is 0 Å². The topological polar surface area (TPSA) is 93.7 Å². The number of carbonyl (C=O) groups excluding carboxylic acids is 1. The minimum absolute atomic E-state index is 0.107. The van der Waals surface area contributed by atoms with Crippen molar-refractivity contribution in [2.75, 3.05) is 20.8 Å². The smallest absolute Gasteiger partial charge is 0.244 e. The van der Waals surface area contributed by atoms with Gasteiger partial charge in [0.05, 0.1) is 20.8 Å². The van der Waals surface area contributed by atoms with Crippen molar-refractivity contribution in [1.29, 1.82) is 0 Å². The monoisotopic (exact) mass is 398 g/mol. The lowest BCUT2D eigenvalue weighted by Gasteiger charge is -2.12. The zero-order chi connectivity index (χ0) is 19.2. The molecule has 0 heterocycles. The second kappa shape index (κ2) is 8.88. The molecule has 0 aliphatic rings. The fourth-order valence-corrected chi connectivity index (χ4v) is 3.39. The molecule has 2 N–H and O–H groups in total. The van der Waals surface area contributed by atoms with E-state index in [1.54, 1.807) is 30.3 Å². The van der Waals surface area contributed by atoms with Gasteiger partial charge in [-0.1, -0.05) is 23.7 Å². The highest BCUT2D eigenvalue weighted by Crippen LogP contribution is 2.27. The summed E-state index contributed by atoms with van der Waals surface area (Å²) >= 11 is 5.80.